The van der Waals surface area contributed by atoms with Crippen LogP contribution in [0.3, 0.4) is 0 Å². The van der Waals surface area contributed by atoms with Gasteiger partial charge in [0, 0.05) is 39.7 Å². The van der Waals surface area contributed by atoms with Crippen molar-refractivity contribution >= 4 is 34.3 Å². The number of carbonyl (C=O) groups excluding carboxylic acids is 2. The second-order valence-electron chi connectivity index (χ2n) is 6.41. The number of carbonyl (C=O) groups is 3. The third-order valence-corrected chi connectivity index (χ3v) is 4.93. The zero-order valence-corrected chi connectivity index (χ0v) is 17.5. The second-order valence-corrected chi connectivity index (χ2v) is 7.45. The van der Waals surface area contributed by atoms with Crippen LogP contribution >= 0.6 is 11.3 Å². The zero-order chi connectivity index (χ0) is 22.1. The summed E-state index contributed by atoms with van der Waals surface area (Å²) in [6.45, 7) is 2.44. The zero-order valence-electron chi connectivity index (χ0n) is 16.7. The summed E-state index contributed by atoms with van der Waals surface area (Å²) in [4.78, 5) is 39.4. The largest absolute Gasteiger partial charge is 0.481 e. The predicted octanol–water partition coefficient (Wildman–Crippen LogP) is 0.298. The number of hydrogen-bond donors (Lipinski definition) is 3. The normalized spacial score (nSPS) is 15.5. The highest BCUT2D eigenvalue weighted by Crippen LogP contribution is 2.28. The van der Waals surface area contributed by atoms with Crippen LogP contribution in [0, 0.1) is 5.92 Å². The van der Waals surface area contributed by atoms with Crippen molar-refractivity contribution in [3.63, 3.8) is 0 Å². The Hall–Kier alpha value is -2.96. The minimum Gasteiger partial charge on any atom is -0.481 e. The lowest BCUT2D eigenvalue weighted by Gasteiger charge is -2.12. The molecule has 2 amide bonds. The summed E-state index contributed by atoms with van der Waals surface area (Å²) in [5.74, 6) is -1.56. The molecule has 4 N–H and O–H groups in total. The first-order valence-corrected chi connectivity index (χ1v) is 9.88. The third kappa shape index (κ3) is 6.83. The number of nitrogens with zero attached hydrogens (tertiary/aromatic N) is 4. The van der Waals surface area contributed by atoms with Crippen LogP contribution < -0.4 is 16.0 Å². The number of anilines is 1. The minimum absolute atomic E-state index is 0.131. The molecule has 0 aliphatic carbocycles. The highest BCUT2D eigenvalue weighted by Gasteiger charge is 2.36. The topological polar surface area (TPSA) is 161 Å². The monoisotopic (exact) mass is 436 g/mol. The number of nitrogens with one attached hydrogen (secondary N) is 1. The summed E-state index contributed by atoms with van der Waals surface area (Å²) < 4.78 is 5.01. The molecule has 3 heterocycles. The first-order valence-electron chi connectivity index (χ1n) is 9.06. The van der Waals surface area contributed by atoms with Gasteiger partial charge in [-0.15, -0.1) is 10.2 Å². The fraction of sp³-hybridized carbons (Fsp3) is 0.444. The molecule has 1 saturated heterocycles. The number of amides is 2. The van der Waals surface area contributed by atoms with Crippen molar-refractivity contribution in [3.8, 4) is 0 Å². The highest BCUT2D eigenvalue weighted by molar-refractivity contribution is 7.15. The fourth-order valence-corrected chi connectivity index (χ4v) is 3.51. The van der Waals surface area contributed by atoms with Gasteiger partial charge in [0.15, 0.2) is 0 Å². The van der Waals surface area contributed by atoms with Crippen LogP contribution in [0.2, 0.25) is 0 Å². The van der Waals surface area contributed by atoms with Gasteiger partial charge in [-0.1, -0.05) is 11.3 Å². The van der Waals surface area contributed by atoms with Gasteiger partial charge in [0.05, 0.1) is 18.2 Å². The Morgan fingerprint density at radius 2 is 2.17 bits per heavy atom. The highest BCUT2D eigenvalue weighted by atomic mass is 32.1. The van der Waals surface area contributed by atoms with E-state index in [9.17, 15) is 9.59 Å². The molecule has 11 nitrogen and oxygen atoms in total. The molecule has 12 heteroatoms. The first kappa shape index (κ1) is 23.3. The Morgan fingerprint density at radius 3 is 2.83 bits per heavy atom. The van der Waals surface area contributed by atoms with Crippen LogP contribution in [-0.2, 0) is 38.8 Å². The maximum absolute atomic E-state index is 12.4. The molecule has 1 aliphatic heterocycles. The maximum atomic E-state index is 12.4. The van der Waals surface area contributed by atoms with Gasteiger partial charge in [0.1, 0.15) is 11.6 Å². The maximum Gasteiger partial charge on any atom is 0.300 e. The van der Waals surface area contributed by atoms with Crippen LogP contribution in [0.5, 0.6) is 0 Å². The van der Waals surface area contributed by atoms with E-state index in [1.54, 1.807) is 13.3 Å². The number of aromatic nitrogens is 3. The molecule has 0 aromatic carbocycles. The van der Waals surface area contributed by atoms with Crippen molar-refractivity contribution < 1.29 is 24.2 Å². The van der Waals surface area contributed by atoms with Crippen LogP contribution in [0.4, 0.5) is 5.13 Å². The molecule has 2 aromatic rings. The predicted molar refractivity (Wildman–Crippen MR) is 108 cm³/mol. The molecule has 0 radical (unpaired) electrons. The molecule has 1 fully saturated rings. The van der Waals surface area contributed by atoms with Crippen LogP contribution in [0.15, 0.2) is 18.3 Å². The lowest BCUT2D eigenvalue weighted by molar-refractivity contribution is -0.134. The lowest BCUT2D eigenvalue weighted by atomic mass is 10.1. The van der Waals surface area contributed by atoms with Gasteiger partial charge in [-0.3, -0.25) is 24.3 Å². The first-order chi connectivity index (χ1) is 14.3. The summed E-state index contributed by atoms with van der Waals surface area (Å²) in [7, 11) is 1.57. The Balaban J connectivity index is 0.000000735. The van der Waals surface area contributed by atoms with E-state index in [-0.39, 0.29) is 18.2 Å². The van der Waals surface area contributed by atoms with E-state index in [0.717, 1.165) is 18.2 Å². The van der Waals surface area contributed by atoms with Crippen molar-refractivity contribution in [2.75, 3.05) is 18.6 Å². The third-order valence-electron chi connectivity index (χ3n) is 4.01. The number of carboxylic acid groups (broad SMARTS) is 1. The van der Waals surface area contributed by atoms with Crippen molar-refractivity contribution in [1.82, 2.24) is 20.5 Å². The van der Waals surface area contributed by atoms with E-state index in [2.05, 4.69) is 20.5 Å². The van der Waals surface area contributed by atoms with Gasteiger partial charge in [-0.25, -0.2) is 0 Å². The number of nitrogens with two attached hydrogens (primary N) is 1. The van der Waals surface area contributed by atoms with E-state index in [1.807, 2.05) is 12.1 Å². The average Bonchev–Trinajstić information content (AvgIpc) is 3.32. The second kappa shape index (κ2) is 11.3. The quantitative estimate of drug-likeness (QED) is 0.554. The van der Waals surface area contributed by atoms with Crippen molar-refractivity contribution in [1.29, 1.82) is 0 Å². The number of methoxy groups -OCH3 is 1. The molecular weight excluding hydrogens is 412 g/mol. The molecule has 162 valence electrons. The molecule has 1 atom stereocenters. The average molecular weight is 436 g/mol. The van der Waals surface area contributed by atoms with Gasteiger partial charge < -0.3 is 20.9 Å². The van der Waals surface area contributed by atoms with E-state index in [1.165, 1.54) is 16.2 Å². The molecule has 2 aromatic heterocycles. The van der Waals surface area contributed by atoms with Gasteiger partial charge in [-0.2, -0.15) is 0 Å². The summed E-state index contributed by atoms with van der Waals surface area (Å²) in [5, 5.41) is 19.4. The summed E-state index contributed by atoms with van der Waals surface area (Å²) >= 11 is 1.29. The Labute approximate surface area is 177 Å². The van der Waals surface area contributed by atoms with Gasteiger partial charge in [-0.05, 0) is 17.7 Å². The Bertz CT molecular complexity index is 885. The number of rotatable bonds is 7. The van der Waals surface area contributed by atoms with Gasteiger partial charge in [0.2, 0.25) is 16.9 Å². The van der Waals surface area contributed by atoms with Crippen molar-refractivity contribution in [2.24, 2.45) is 11.7 Å². The van der Waals surface area contributed by atoms with E-state index < -0.39 is 11.9 Å². The number of ether oxygens (including phenoxy) is 1. The summed E-state index contributed by atoms with van der Waals surface area (Å²) in [5.41, 5.74) is 7.29. The van der Waals surface area contributed by atoms with Gasteiger partial charge >= 0.3 is 0 Å². The summed E-state index contributed by atoms with van der Waals surface area (Å²) in [6.07, 6.45) is 1.82. The number of carboxylic acids is 1. The fourth-order valence-electron chi connectivity index (χ4n) is 2.68. The van der Waals surface area contributed by atoms with E-state index in [0.29, 0.717) is 36.4 Å². The molecule has 3 rings (SSSR count). The molecule has 0 spiro atoms. The standard InChI is InChI=1S/C16H20N6O3S.C2H4O2/c1-25-9-13-20-21-16(26-13)22-8-11(5-14(22)23)15(24)19-7-12-4-10(6-17)2-3-18-12;1-2(3)4/h2-4,11H,5-9,17H2,1H3,(H,19,24);1H3,(H,3,4). The molecule has 1 aliphatic rings. The smallest absolute Gasteiger partial charge is 0.300 e. The number of hydrogen-bond acceptors (Lipinski definition) is 9. The molecule has 0 bridgehead atoms. The van der Waals surface area contributed by atoms with E-state index in [4.69, 9.17) is 20.4 Å². The van der Waals surface area contributed by atoms with Gasteiger partial charge in [0.25, 0.3) is 5.97 Å². The minimum atomic E-state index is -0.833. The van der Waals surface area contributed by atoms with Crippen LogP contribution in [0.1, 0.15) is 29.6 Å². The van der Waals surface area contributed by atoms with Crippen LogP contribution in [-0.4, -0.2) is 51.7 Å². The summed E-state index contributed by atoms with van der Waals surface area (Å²) in [6, 6.07) is 3.68. The lowest BCUT2D eigenvalue weighted by Crippen LogP contribution is -2.32. The SMILES string of the molecule is CC(=O)O.COCc1nnc(N2CC(C(=O)NCc3cc(CN)ccn3)CC2=O)s1. The Morgan fingerprint density at radius 1 is 1.43 bits per heavy atom. The molecule has 1 unspecified atom stereocenters. The van der Waals surface area contributed by atoms with E-state index >= 15 is 0 Å². The van der Waals surface area contributed by atoms with Crippen LogP contribution in [0.25, 0.3) is 0 Å². The molecule has 30 heavy (non-hydrogen) atoms. The van der Waals surface area contributed by atoms with Crippen molar-refractivity contribution in [3.05, 3.63) is 34.6 Å². The number of aliphatic carboxylic acids is 1. The Kier molecular flexibility index (Phi) is 8.77. The molecular formula is C18H24N6O5S. The van der Waals surface area contributed by atoms with Crippen molar-refractivity contribution in [2.45, 2.75) is 33.0 Å². The molecule has 0 saturated carbocycles. The number of pyridine rings is 1.